The highest BCUT2D eigenvalue weighted by Crippen LogP contribution is 2.28. The summed E-state index contributed by atoms with van der Waals surface area (Å²) >= 11 is 0. The smallest absolute Gasteiger partial charge is 0.251 e. The lowest BCUT2D eigenvalue weighted by Gasteiger charge is -2.12. The van der Waals surface area contributed by atoms with Crippen molar-refractivity contribution >= 4 is 11.8 Å². The van der Waals surface area contributed by atoms with Gasteiger partial charge in [0, 0.05) is 12.6 Å². The van der Waals surface area contributed by atoms with Crippen molar-refractivity contribution in [1.82, 2.24) is 10.6 Å². The molecule has 29 heavy (non-hydrogen) atoms. The Labute approximate surface area is 170 Å². The van der Waals surface area contributed by atoms with E-state index in [2.05, 4.69) is 10.6 Å². The van der Waals surface area contributed by atoms with Crippen LogP contribution in [0.15, 0.2) is 42.5 Å². The second kappa shape index (κ2) is 11.6. The summed E-state index contributed by atoms with van der Waals surface area (Å²) in [6.07, 6.45) is 0. The van der Waals surface area contributed by atoms with Crippen LogP contribution in [0.4, 0.5) is 0 Å². The molecule has 2 rings (SSSR count). The Balaban J connectivity index is 1.80. The third-order valence-corrected chi connectivity index (χ3v) is 4.03. The van der Waals surface area contributed by atoms with Crippen LogP contribution in [0.1, 0.15) is 15.9 Å². The van der Waals surface area contributed by atoms with Crippen LogP contribution < -0.4 is 24.8 Å². The molecule has 2 aromatic rings. The number of carbonyl (C=O) groups excluding carboxylic acids is 2. The van der Waals surface area contributed by atoms with Gasteiger partial charge < -0.3 is 29.6 Å². The molecule has 2 amide bonds. The van der Waals surface area contributed by atoms with E-state index in [0.717, 1.165) is 11.3 Å². The van der Waals surface area contributed by atoms with Crippen LogP contribution >= 0.6 is 0 Å². The minimum Gasteiger partial charge on any atom is -0.497 e. The van der Waals surface area contributed by atoms with Crippen LogP contribution in [0.5, 0.6) is 17.2 Å². The summed E-state index contributed by atoms with van der Waals surface area (Å²) in [7, 11) is 4.62. The molecule has 8 heteroatoms. The van der Waals surface area contributed by atoms with Gasteiger partial charge in [0.1, 0.15) is 12.4 Å². The van der Waals surface area contributed by atoms with Crippen molar-refractivity contribution in [2.45, 2.75) is 6.61 Å². The van der Waals surface area contributed by atoms with Gasteiger partial charge in [-0.15, -0.1) is 0 Å². The van der Waals surface area contributed by atoms with Crippen molar-refractivity contribution in [2.24, 2.45) is 0 Å². The molecule has 0 aliphatic rings. The predicted octanol–water partition coefficient (Wildman–Crippen LogP) is 1.78. The third kappa shape index (κ3) is 7.00. The Kier molecular flexibility index (Phi) is 8.78. The Hall–Kier alpha value is -3.26. The summed E-state index contributed by atoms with van der Waals surface area (Å²) in [5.74, 6) is 1.08. The first kappa shape index (κ1) is 22.0. The van der Waals surface area contributed by atoms with E-state index >= 15 is 0 Å². The molecular weight excluding hydrogens is 376 g/mol. The van der Waals surface area contributed by atoms with Gasteiger partial charge >= 0.3 is 0 Å². The standard InChI is InChI=1S/C21H26N2O6/c1-22-20(24)13-23-21(25)16-6-9-18(19(12-16)27-3)29-11-10-28-14-15-4-7-17(26-2)8-5-15/h4-9,12H,10-11,13-14H2,1-3H3,(H,22,24)(H,23,25). The second-order valence-corrected chi connectivity index (χ2v) is 5.97. The lowest BCUT2D eigenvalue weighted by molar-refractivity contribution is -0.119. The maximum atomic E-state index is 12.1. The molecule has 0 bridgehead atoms. The summed E-state index contributed by atoms with van der Waals surface area (Å²) in [6, 6.07) is 12.5. The average molecular weight is 402 g/mol. The summed E-state index contributed by atoms with van der Waals surface area (Å²) < 4.78 is 21.7. The van der Waals surface area contributed by atoms with Gasteiger partial charge in [-0.2, -0.15) is 0 Å². The number of methoxy groups -OCH3 is 2. The second-order valence-electron chi connectivity index (χ2n) is 5.97. The molecule has 0 radical (unpaired) electrons. The van der Waals surface area contributed by atoms with Crippen LogP contribution in [-0.4, -0.2) is 52.8 Å². The van der Waals surface area contributed by atoms with Crippen LogP contribution in [0.3, 0.4) is 0 Å². The lowest BCUT2D eigenvalue weighted by atomic mass is 10.2. The number of rotatable bonds is 11. The highest BCUT2D eigenvalue weighted by atomic mass is 16.5. The first-order valence-electron chi connectivity index (χ1n) is 9.07. The highest BCUT2D eigenvalue weighted by molar-refractivity contribution is 5.97. The Morgan fingerprint density at radius 1 is 0.931 bits per heavy atom. The van der Waals surface area contributed by atoms with Crippen molar-refractivity contribution in [2.75, 3.05) is 41.0 Å². The molecular formula is C21H26N2O6. The van der Waals surface area contributed by atoms with Gasteiger partial charge in [0.15, 0.2) is 11.5 Å². The Morgan fingerprint density at radius 3 is 2.34 bits per heavy atom. The van der Waals surface area contributed by atoms with Gasteiger partial charge in [-0.3, -0.25) is 9.59 Å². The van der Waals surface area contributed by atoms with Gasteiger partial charge in [0.25, 0.3) is 5.91 Å². The third-order valence-electron chi connectivity index (χ3n) is 4.03. The van der Waals surface area contributed by atoms with Gasteiger partial charge in [-0.25, -0.2) is 0 Å². The summed E-state index contributed by atoms with van der Waals surface area (Å²) in [6.45, 7) is 1.09. The molecule has 0 saturated carbocycles. The van der Waals surface area contributed by atoms with Crippen molar-refractivity contribution in [1.29, 1.82) is 0 Å². The maximum absolute atomic E-state index is 12.1. The predicted molar refractivity (Wildman–Crippen MR) is 108 cm³/mol. The van der Waals surface area contributed by atoms with Crippen LogP contribution in [0, 0.1) is 0 Å². The summed E-state index contributed by atoms with van der Waals surface area (Å²) in [4.78, 5) is 23.3. The number of nitrogens with one attached hydrogen (secondary N) is 2. The van der Waals surface area contributed by atoms with E-state index in [1.807, 2.05) is 24.3 Å². The molecule has 0 aromatic heterocycles. The number of benzene rings is 2. The van der Waals surface area contributed by atoms with E-state index in [1.165, 1.54) is 14.2 Å². The number of likely N-dealkylation sites (N-methyl/N-ethyl adjacent to an activating group) is 1. The zero-order valence-corrected chi connectivity index (χ0v) is 16.8. The fraction of sp³-hybridized carbons (Fsp3) is 0.333. The van der Waals surface area contributed by atoms with Crippen molar-refractivity contribution in [3.8, 4) is 17.2 Å². The normalized spacial score (nSPS) is 10.2. The van der Waals surface area contributed by atoms with Gasteiger partial charge in [-0.05, 0) is 35.9 Å². The molecule has 156 valence electrons. The maximum Gasteiger partial charge on any atom is 0.251 e. The van der Waals surface area contributed by atoms with Crippen LogP contribution in [0.25, 0.3) is 0 Å². The fourth-order valence-electron chi connectivity index (χ4n) is 2.40. The van der Waals surface area contributed by atoms with Crippen LogP contribution in [0.2, 0.25) is 0 Å². The minimum atomic E-state index is -0.374. The van der Waals surface area contributed by atoms with E-state index < -0.39 is 0 Å². The molecule has 2 aromatic carbocycles. The first-order valence-corrected chi connectivity index (χ1v) is 9.07. The molecule has 0 heterocycles. The van der Waals surface area contributed by atoms with Gasteiger partial charge in [-0.1, -0.05) is 12.1 Å². The van der Waals surface area contributed by atoms with E-state index in [0.29, 0.717) is 36.9 Å². The zero-order valence-electron chi connectivity index (χ0n) is 16.8. The van der Waals surface area contributed by atoms with E-state index in [1.54, 1.807) is 25.3 Å². The molecule has 0 aliphatic carbocycles. The Bertz CT molecular complexity index is 807. The van der Waals surface area contributed by atoms with Crippen molar-refractivity contribution < 1.29 is 28.5 Å². The van der Waals surface area contributed by atoms with Gasteiger partial charge in [0.05, 0.1) is 34.0 Å². The Morgan fingerprint density at radius 2 is 1.69 bits per heavy atom. The SMILES string of the molecule is CNC(=O)CNC(=O)c1ccc(OCCOCc2ccc(OC)cc2)c(OC)c1. The highest BCUT2D eigenvalue weighted by Gasteiger charge is 2.12. The number of carbonyl (C=O) groups is 2. The number of ether oxygens (including phenoxy) is 4. The molecule has 0 aliphatic heterocycles. The number of hydrogen-bond acceptors (Lipinski definition) is 6. The molecule has 0 fully saturated rings. The van der Waals surface area contributed by atoms with Gasteiger partial charge in [0.2, 0.25) is 5.91 Å². The molecule has 0 unspecified atom stereocenters. The number of hydrogen-bond donors (Lipinski definition) is 2. The van der Waals surface area contributed by atoms with E-state index in [9.17, 15) is 9.59 Å². The molecule has 8 nitrogen and oxygen atoms in total. The summed E-state index contributed by atoms with van der Waals surface area (Å²) in [5.41, 5.74) is 1.41. The summed E-state index contributed by atoms with van der Waals surface area (Å²) in [5, 5.41) is 4.96. The molecule has 2 N–H and O–H groups in total. The zero-order chi connectivity index (χ0) is 21.1. The molecule has 0 spiro atoms. The largest absolute Gasteiger partial charge is 0.497 e. The topological polar surface area (TPSA) is 95.1 Å². The van der Waals surface area contributed by atoms with Crippen molar-refractivity contribution in [3.05, 3.63) is 53.6 Å². The lowest BCUT2D eigenvalue weighted by Crippen LogP contribution is -2.35. The quantitative estimate of drug-likeness (QED) is 0.557. The van der Waals surface area contributed by atoms with Crippen molar-refractivity contribution in [3.63, 3.8) is 0 Å². The van der Waals surface area contributed by atoms with Crippen LogP contribution in [-0.2, 0) is 16.1 Å². The fourth-order valence-corrected chi connectivity index (χ4v) is 2.40. The van der Waals surface area contributed by atoms with E-state index in [-0.39, 0.29) is 18.4 Å². The minimum absolute atomic E-state index is 0.0958. The number of amides is 2. The molecule has 0 saturated heterocycles. The first-order chi connectivity index (χ1) is 14.1. The monoisotopic (exact) mass is 402 g/mol. The molecule has 0 atom stereocenters. The average Bonchev–Trinajstić information content (AvgIpc) is 2.77. The van der Waals surface area contributed by atoms with E-state index in [4.69, 9.17) is 18.9 Å².